The second kappa shape index (κ2) is 5.29. The Kier molecular flexibility index (Phi) is 4.28. The maximum Gasteiger partial charge on any atom is 0.390 e. The first kappa shape index (κ1) is 13.0. The summed E-state index contributed by atoms with van der Waals surface area (Å²) >= 11 is 0. The first-order valence-corrected chi connectivity index (χ1v) is 5.05. The van der Waals surface area contributed by atoms with Crippen LogP contribution in [0.1, 0.15) is 19.2 Å². The van der Waals surface area contributed by atoms with E-state index in [0.717, 1.165) is 0 Å². The van der Waals surface area contributed by atoms with E-state index in [2.05, 4.69) is 15.4 Å². The number of aromatic nitrogens is 3. The van der Waals surface area contributed by atoms with E-state index >= 15 is 0 Å². The minimum absolute atomic E-state index is 0.226. The summed E-state index contributed by atoms with van der Waals surface area (Å²) in [6.45, 7) is 2.28. The van der Waals surface area contributed by atoms with Crippen LogP contribution in [0.15, 0.2) is 6.33 Å². The Morgan fingerprint density at radius 1 is 1.50 bits per heavy atom. The summed E-state index contributed by atoms with van der Waals surface area (Å²) in [5.74, 6) is 0.551. The van der Waals surface area contributed by atoms with Gasteiger partial charge in [0, 0.05) is 19.5 Å². The van der Waals surface area contributed by atoms with E-state index in [9.17, 15) is 13.2 Å². The van der Waals surface area contributed by atoms with E-state index in [1.54, 1.807) is 14.0 Å². The number of hydrogen-bond donors (Lipinski definition) is 1. The molecule has 0 amide bonds. The molecule has 1 heterocycles. The lowest BCUT2D eigenvalue weighted by molar-refractivity contribution is -0.140. The topological polar surface area (TPSA) is 42.7 Å². The molecule has 1 aromatic rings. The zero-order chi connectivity index (χ0) is 12.2. The van der Waals surface area contributed by atoms with Gasteiger partial charge < -0.3 is 5.32 Å². The highest BCUT2D eigenvalue weighted by atomic mass is 19.4. The lowest BCUT2D eigenvalue weighted by Gasteiger charge is -2.18. The van der Waals surface area contributed by atoms with Crippen molar-refractivity contribution in [3.63, 3.8) is 0 Å². The summed E-state index contributed by atoms with van der Waals surface area (Å²) in [7, 11) is 1.67. The number of hydrogen-bond acceptors (Lipinski definition) is 3. The summed E-state index contributed by atoms with van der Waals surface area (Å²) < 4.78 is 38.3. The fraction of sp³-hybridized carbons (Fsp3) is 0.778. The van der Waals surface area contributed by atoms with Crippen molar-refractivity contribution in [2.45, 2.75) is 32.0 Å². The van der Waals surface area contributed by atoms with E-state index in [0.29, 0.717) is 12.4 Å². The van der Waals surface area contributed by atoms with Crippen LogP contribution in [-0.2, 0) is 13.5 Å². The molecule has 0 radical (unpaired) electrons. The third-order valence-corrected chi connectivity index (χ3v) is 2.20. The molecular weight excluding hydrogens is 221 g/mol. The van der Waals surface area contributed by atoms with Gasteiger partial charge in [-0.2, -0.15) is 18.3 Å². The van der Waals surface area contributed by atoms with E-state index in [4.69, 9.17) is 0 Å². The molecule has 0 saturated heterocycles. The van der Waals surface area contributed by atoms with E-state index in [1.165, 1.54) is 11.0 Å². The monoisotopic (exact) mass is 236 g/mol. The quantitative estimate of drug-likeness (QED) is 0.837. The van der Waals surface area contributed by atoms with E-state index in [1.807, 2.05) is 0 Å². The third kappa shape index (κ3) is 4.18. The van der Waals surface area contributed by atoms with Crippen molar-refractivity contribution in [1.82, 2.24) is 20.1 Å². The van der Waals surface area contributed by atoms with Crippen LogP contribution in [0.25, 0.3) is 0 Å². The Hall–Kier alpha value is -1.11. The van der Waals surface area contributed by atoms with Gasteiger partial charge in [-0.25, -0.2) is 4.98 Å². The molecule has 1 aromatic heterocycles. The van der Waals surface area contributed by atoms with E-state index in [-0.39, 0.29) is 6.42 Å². The molecule has 0 saturated carbocycles. The standard InChI is InChI=1S/C9H15F3N4/c1-3-13-7(5-9(10,11)12)4-8-14-6-15-16(8)2/h6-7,13H,3-5H2,1-2H3. The number of nitrogens with zero attached hydrogens (tertiary/aromatic N) is 3. The predicted molar refractivity (Wildman–Crippen MR) is 52.8 cm³/mol. The minimum Gasteiger partial charge on any atom is -0.313 e. The first-order chi connectivity index (χ1) is 7.42. The molecule has 7 heteroatoms. The fourth-order valence-corrected chi connectivity index (χ4v) is 1.51. The molecule has 0 aliphatic carbocycles. The van der Waals surface area contributed by atoms with Gasteiger partial charge in [-0.15, -0.1) is 0 Å². The largest absolute Gasteiger partial charge is 0.390 e. The molecule has 0 aliphatic heterocycles. The van der Waals surface area contributed by atoms with Crippen LogP contribution in [0, 0.1) is 0 Å². The highest BCUT2D eigenvalue weighted by Crippen LogP contribution is 2.22. The van der Waals surface area contributed by atoms with Crippen molar-refractivity contribution < 1.29 is 13.2 Å². The fourth-order valence-electron chi connectivity index (χ4n) is 1.51. The molecular formula is C9H15F3N4. The van der Waals surface area contributed by atoms with Gasteiger partial charge in [0.1, 0.15) is 12.2 Å². The SMILES string of the molecule is CCNC(Cc1ncnn1C)CC(F)(F)F. The van der Waals surface area contributed by atoms with Gasteiger partial charge in [0.05, 0.1) is 6.42 Å². The lowest BCUT2D eigenvalue weighted by Crippen LogP contribution is -2.36. The molecule has 0 aliphatic rings. The number of halogens is 3. The molecule has 16 heavy (non-hydrogen) atoms. The number of alkyl halides is 3. The number of rotatable bonds is 5. The molecule has 0 fully saturated rings. The van der Waals surface area contributed by atoms with Crippen molar-refractivity contribution in [2.75, 3.05) is 6.54 Å². The van der Waals surface area contributed by atoms with Crippen LogP contribution < -0.4 is 5.32 Å². The van der Waals surface area contributed by atoms with Crippen molar-refractivity contribution in [1.29, 1.82) is 0 Å². The maximum absolute atomic E-state index is 12.3. The maximum atomic E-state index is 12.3. The summed E-state index contributed by atoms with van der Waals surface area (Å²) in [6, 6.07) is -0.645. The molecule has 1 unspecified atom stereocenters. The first-order valence-electron chi connectivity index (χ1n) is 5.05. The zero-order valence-corrected chi connectivity index (χ0v) is 9.25. The molecule has 0 spiro atoms. The van der Waals surface area contributed by atoms with Gasteiger partial charge in [-0.05, 0) is 6.54 Å². The van der Waals surface area contributed by atoms with Crippen molar-refractivity contribution in [3.05, 3.63) is 12.2 Å². The Balaban J connectivity index is 2.61. The number of aryl methyl sites for hydroxylation is 1. The number of likely N-dealkylation sites (N-methyl/N-ethyl adjacent to an activating group) is 1. The van der Waals surface area contributed by atoms with E-state index < -0.39 is 18.6 Å². The summed E-state index contributed by atoms with van der Waals surface area (Å²) in [6.07, 6.45) is -3.45. The second-order valence-corrected chi connectivity index (χ2v) is 3.58. The van der Waals surface area contributed by atoms with Crippen molar-refractivity contribution in [2.24, 2.45) is 7.05 Å². The molecule has 0 aromatic carbocycles. The number of nitrogens with one attached hydrogen (secondary N) is 1. The summed E-state index contributed by atoms with van der Waals surface area (Å²) in [4.78, 5) is 3.91. The summed E-state index contributed by atoms with van der Waals surface area (Å²) in [5.41, 5.74) is 0. The van der Waals surface area contributed by atoms with Crippen LogP contribution in [0.4, 0.5) is 13.2 Å². The molecule has 92 valence electrons. The lowest BCUT2D eigenvalue weighted by atomic mass is 10.1. The molecule has 1 N–H and O–H groups in total. The molecule has 0 bridgehead atoms. The van der Waals surface area contributed by atoms with Gasteiger partial charge in [0.2, 0.25) is 0 Å². The Morgan fingerprint density at radius 2 is 2.19 bits per heavy atom. The Labute approximate surface area is 91.9 Å². The van der Waals surface area contributed by atoms with Crippen LogP contribution in [0.3, 0.4) is 0 Å². The van der Waals surface area contributed by atoms with Crippen LogP contribution in [0.5, 0.6) is 0 Å². The highest BCUT2D eigenvalue weighted by Gasteiger charge is 2.32. The third-order valence-electron chi connectivity index (χ3n) is 2.20. The van der Waals surface area contributed by atoms with Crippen LogP contribution in [0.2, 0.25) is 0 Å². The molecule has 1 rings (SSSR count). The molecule has 4 nitrogen and oxygen atoms in total. The average molecular weight is 236 g/mol. The van der Waals surface area contributed by atoms with Gasteiger partial charge in [-0.3, -0.25) is 4.68 Å². The normalized spacial score (nSPS) is 14.1. The molecule has 1 atom stereocenters. The van der Waals surface area contributed by atoms with Gasteiger partial charge >= 0.3 is 6.18 Å². The second-order valence-electron chi connectivity index (χ2n) is 3.58. The smallest absolute Gasteiger partial charge is 0.313 e. The zero-order valence-electron chi connectivity index (χ0n) is 9.25. The van der Waals surface area contributed by atoms with Crippen LogP contribution in [-0.4, -0.2) is 33.5 Å². The van der Waals surface area contributed by atoms with Gasteiger partial charge in [0.15, 0.2) is 0 Å². The predicted octanol–water partition coefficient (Wildman–Crippen LogP) is 1.29. The van der Waals surface area contributed by atoms with Gasteiger partial charge in [0.25, 0.3) is 0 Å². The Bertz CT molecular complexity index is 321. The van der Waals surface area contributed by atoms with Crippen LogP contribution >= 0.6 is 0 Å². The van der Waals surface area contributed by atoms with Crippen molar-refractivity contribution in [3.8, 4) is 0 Å². The highest BCUT2D eigenvalue weighted by molar-refractivity contribution is 4.89. The minimum atomic E-state index is -4.16. The van der Waals surface area contributed by atoms with Gasteiger partial charge in [-0.1, -0.05) is 6.92 Å². The average Bonchev–Trinajstić information content (AvgIpc) is 2.49. The van der Waals surface area contributed by atoms with Crippen molar-refractivity contribution >= 4 is 0 Å². The summed E-state index contributed by atoms with van der Waals surface area (Å²) in [5, 5.41) is 6.63. The Morgan fingerprint density at radius 3 is 2.62 bits per heavy atom.